The van der Waals surface area contributed by atoms with Crippen molar-refractivity contribution < 1.29 is 14.1 Å². The van der Waals surface area contributed by atoms with Gasteiger partial charge in [0, 0.05) is 12.0 Å². The van der Waals surface area contributed by atoms with Gasteiger partial charge in [-0.25, -0.2) is 4.79 Å². The fourth-order valence-corrected chi connectivity index (χ4v) is 2.49. The van der Waals surface area contributed by atoms with Crippen molar-refractivity contribution in [3.63, 3.8) is 0 Å². The van der Waals surface area contributed by atoms with Gasteiger partial charge in [0.2, 0.25) is 11.7 Å². The molecule has 1 saturated heterocycles. The number of aromatic nitrogens is 2. The van der Waals surface area contributed by atoms with Gasteiger partial charge in [0.15, 0.2) is 0 Å². The first-order valence-electron chi connectivity index (χ1n) is 6.98. The molecule has 0 amide bonds. The number of hydrogen-bond donors (Lipinski definition) is 1. The summed E-state index contributed by atoms with van der Waals surface area (Å²) in [6, 6.07) is 7.02. The molecule has 21 heavy (non-hydrogen) atoms. The van der Waals surface area contributed by atoms with E-state index in [2.05, 4.69) is 15.5 Å². The first-order valence-corrected chi connectivity index (χ1v) is 6.98. The highest BCUT2D eigenvalue weighted by atomic mass is 16.5. The summed E-state index contributed by atoms with van der Waals surface area (Å²) in [5, 5.41) is 7.31. The Balaban J connectivity index is 1.77. The van der Waals surface area contributed by atoms with Crippen molar-refractivity contribution in [3.8, 4) is 11.4 Å². The van der Waals surface area contributed by atoms with Gasteiger partial charge < -0.3 is 14.6 Å². The second-order valence-electron chi connectivity index (χ2n) is 5.15. The minimum absolute atomic E-state index is 0.377. The van der Waals surface area contributed by atoms with Crippen LogP contribution in [0.2, 0.25) is 0 Å². The third-order valence-corrected chi connectivity index (χ3v) is 3.64. The Kier molecular flexibility index (Phi) is 3.96. The molecule has 0 spiro atoms. The second-order valence-corrected chi connectivity index (χ2v) is 5.15. The zero-order valence-electron chi connectivity index (χ0n) is 11.8. The molecule has 2 heterocycles. The van der Waals surface area contributed by atoms with Crippen LogP contribution < -0.4 is 5.32 Å². The molecule has 1 aliphatic heterocycles. The molecular weight excluding hydrogens is 270 g/mol. The number of benzene rings is 1. The number of nitrogens with zero attached hydrogens (tertiary/aromatic N) is 2. The van der Waals surface area contributed by atoms with Crippen LogP contribution in [0.3, 0.4) is 0 Å². The molecule has 1 aromatic heterocycles. The average Bonchev–Trinajstić information content (AvgIpc) is 3.19. The number of ether oxygens (including phenoxy) is 1. The zero-order chi connectivity index (χ0) is 14.7. The van der Waals surface area contributed by atoms with Gasteiger partial charge in [0.05, 0.1) is 12.7 Å². The molecule has 0 radical (unpaired) electrons. The summed E-state index contributed by atoms with van der Waals surface area (Å²) in [5.41, 5.74) is 1.22. The zero-order valence-corrected chi connectivity index (χ0v) is 11.8. The number of rotatable bonds is 4. The van der Waals surface area contributed by atoms with E-state index in [1.54, 1.807) is 18.2 Å². The van der Waals surface area contributed by atoms with Crippen LogP contribution in [0.4, 0.5) is 0 Å². The number of carbonyl (C=O) groups is 1. The number of nitrogens with one attached hydrogen (secondary N) is 1. The van der Waals surface area contributed by atoms with Crippen LogP contribution in [0.1, 0.15) is 22.7 Å². The number of methoxy groups -OCH3 is 1. The summed E-state index contributed by atoms with van der Waals surface area (Å²) < 4.78 is 10.0. The minimum Gasteiger partial charge on any atom is -0.465 e. The van der Waals surface area contributed by atoms with Crippen LogP contribution in [0.25, 0.3) is 11.4 Å². The van der Waals surface area contributed by atoms with Gasteiger partial charge in [-0.15, -0.1) is 0 Å². The summed E-state index contributed by atoms with van der Waals surface area (Å²) in [7, 11) is 1.36. The predicted molar refractivity (Wildman–Crippen MR) is 75.8 cm³/mol. The maximum absolute atomic E-state index is 11.5. The van der Waals surface area contributed by atoms with E-state index >= 15 is 0 Å². The third-order valence-electron chi connectivity index (χ3n) is 3.64. The standard InChI is InChI=1S/C15H17N3O3/c1-20-15(19)12-4-2-3-11(8-12)14-17-13(21-18-14)7-10-5-6-16-9-10/h2-4,8,10,16H,5-7,9H2,1H3. The third kappa shape index (κ3) is 3.11. The molecule has 1 aromatic carbocycles. The maximum Gasteiger partial charge on any atom is 0.337 e. The lowest BCUT2D eigenvalue weighted by atomic mass is 10.1. The largest absolute Gasteiger partial charge is 0.465 e. The molecule has 1 aliphatic rings. The smallest absolute Gasteiger partial charge is 0.337 e. The number of carbonyl (C=O) groups excluding carboxylic acids is 1. The van der Waals surface area contributed by atoms with E-state index < -0.39 is 0 Å². The lowest BCUT2D eigenvalue weighted by Crippen LogP contribution is -2.10. The Morgan fingerprint density at radius 3 is 3.19 bits per heavy atom. The van der Waals surface area contributed by atoms with Gasteiger partial charge in [-0.05, 0) is 37.6 Å². The fraction of sp³-hybridized carbons (Fsp3) is 0.400. The minimum atomic E-state index is -0.377. The summed E-state index contributed by atoms with van der Waals surface area (Å²) in [5.74, 6) is 1.32. The van der Waals surface area contributed by atoms with Crippen molar-refractivity contribution in [3.05, 3.63) is 35.7 Å². The van der Waals surface area contributed by atoms with Gasteiger partial charge in [-0.2, -0.15) is 4.98 Å². The Bertz CT molecular complexity index is 633. The Morgan fingerprint density at radius 2 is 2.43 bits per heavy atom. The molecule has 1 atom stereocenters. The molecule has 0 bridgehead atoms. The molecule has 1 unspecified atom stereocenters. The average molecular weight is 287 g/mol. The van der Waals surface area contributed by atoms with Gasteiger partial charge in [-0.1, -0.05) is 17.3 Å². The lowest BCUT2D eigenvalue weighted by molar-refractivity contribution is 0.0601. The molecule has 1 fully saturated rings. The van der Waals surface area contributed by atoms with Crippen LogP contribution in [0.5, 0.6) is 0 Å². The van der Waals surface area contributed by atoms with Gasteiger partial charge >= 0.3 is 5.97 Å². The van der Waals surface area contributed by atoms with Gasteiger partial charge in [0.25, 0.3) is 0 Å². The first-order chi connectivity index (χ1) is 10.3. The SMILES string of the molecule is COC(=O)c1cccc(-c2noc(CC3CCNC3)n2)c1. The van der Waals surface area contributed by atoms with E-state index in [4.69, 9.17) is 9.26 Å². The second kappa shape index (κ2) is 6.05. The van der Waals surface area contributed by atoms with Crippen molar-refractivity contribution in [2.45, 2.75) is 12.8 Å². The van der Waals surface area contributed by atoms with Gasteiger partial charge in [0.1, 0.15) is 0 Å². The van der Waals surface area contributed by atoms with E-state index in [1.165, 1.54) is 7.11 Å². The Hall–Kier alpha value is -2.21. The molecule has 1 N–H and O–H groups in total. The van der Waals surface area contributed by atoms with Gasteiger partial charge in [-0.3, -0.25) is 0 Å². The quantitative estimate of drug-likeness (QED) is 0.862. The Labute approximate surface area is 122 Å². The van der Waals surface area contributed by atoms with E-state index in [1.807, 2.05) is 6.07 Å². The van der Waals surface area contributed by atoms with Crippen molar-refractivity contribution in [2.24, 2.45) is 5.92 Å². The van der Waals surface area contributed by atoms with Crippen molar-refractivity contribution >= 4 is 5.97 Å². The highest BCUT2D eigenvalue weighted by Gasteiger charge is 2.19. The van der Waals surface area contributed by atoms with Crippen LogP contribution in [0, 0.1) is 5.92 Å². The van der Waals surface area contributed by atoms with Crippen LogP contribution in [0.15, 0.2) is 28.8 Å². The molecule has 6 nitrogen and oxygen atoms in total. The summed E-state index contributed by atoms with van der Waals surface area (Å²) in [6.45, 7) is 2.04. The molecule has 6 heteroatoms. The summed E-state index contributed by atoms with van der Waals surface area (Å²) in [4.78, 5) is 16.0. The van der Waals surface area contributed by atoms with Crippen molar-refractivity contribution in [1.82, 2.24) is 15.5 Å². The van der Waals surface area contributed by atoms with E-state index in [0.717, 1.165) is 31.5 Å². The van der Waals surface area contributed by atoms with E-state index in [9.17, 15) is 4.79 Å². The van der Waals surface area contributed by atoms with Crippen LogP contribution in [-0.2, 0) is 11.2 Å². The Morgan fingerprint density at radius 1 is 1.52 bits per heavy atom. The topological polar surface area (TPSA) is 77.2 Å². The fourth-order valence-electron chi connectivity index (χ4n) is 2.49. The predicted octanol–water partition coefficient (Wildman–Crippen LogP) is 1.68. The molecular formula is C15H17N3O3. The molecule has 0 aliphatic carbocycles. The molecule has 0 saturated carbocycles. The maximum atomic E-state index is 11.5. The molecule has 3 rings (SSSR count). The van der Waals surface area contributed by atoms with Crippen molar-refractivity contribution in [2.75, 3.05) is 20.2 Å². The molecule has 110 valence electrons. The summed E-state index contributed by atoms with van der Waals surface area (Å²) >= 11 is 0. The normalized spacial score (nSPS) is 17.9. The first kappa shape index (κ1) is 13.8. The van der Waals surface area contributed by atoms with Crippen LogP contribution in [-0.4, -0.2) is 36.3 Å². The highest BCUT2D eigenvalue weighted by Crippen LogP contribution is 2.20. The lowest BCUT2D eigenvalue weighted by Gasteiger charge is -2.02. The van der Waals surface area contributed by atoms with Crippen molar-refractivity contribution in [1.29, 1.82) is 0 Å². The van der Waals surface area contributed by atoms with E-state index in [0.29, 0.717) is 23.2 Å². The highest BCUT2D eigenvalue weighted by molar-refractivity contribution is 5.90. The number of hydrogen-bond acceptors (Lipinski definition) is 6. The van der Waals surface area contributed by atoms with E-state index in [-0.39, 0.29) is 5.97 Å². The molecule has 2 aromatic rings. The monoisotopic (exact) mass is 287 g/mol. The number of esters is 1. The summed E-state index contributed by atoms with van der Waals surface area (Å²) in [6.07, 6.45) is 1.92. The van der Waals surface area contributed by atoms with Crippen LogP contribution >= 0.6 is 0 Å².